The molecule has 7 heteroatoms. The summed E-state index contributed by atoms with van der Waals surface area (Å²) in [7, 11) is 1.60. The highest BCUT2D eigenvalue weighted by atomic mass is 32.2. The van der Waals surface area contributed by atoms with Crippen molar-refractivity contribution in [3.05, 3.63) is 101 Å². The Morgan fingerprint density at radius 2 is 1.61 bits per heavy atom. The topological polar surface area (TPSA) is 71.0 Å². The minimum Gasteiger partial charge on any atom is -0.497 e. The van der Waals surface area contributed by atoms with Crippen molar-refractivity contribution in [2.75, 3.05) is 7.11 Å². The lowest BCUT2D eigenvalue weighted by Gasteiger charge is -2.16. The van der Waals surface area contributed by atoms with E-state index in [1.807, 2.05) is 60.7 Å². The largest absolute Gasteiger partial charge is 0.497 e. The number of amides is 2. The van der Waals surface area contributed by atoms with E-state index in [1.165, 1.54) is 16.8 Å². The van der Waals surface area contributed by atoms with Crippen molar-refractivity contribution >= 4 is 40.5 Å². The molecule has 4 rings (SSSR count). The lowest BCUT2D eigenvalue weighted by Crippen LogP contribution is -2.45. The van der Waals surface area contributed by atoms with Gasteiger partial charge in [0.05, 0.1) is 17.7 Å². The number of hydrogen-bond donors (Lipinski definition) is 1. The predicted molar refractivity (Wildman–Crippen MR) is 123 cm³/mol. The van der Waals surface area contributed by atoms with Gasteiger partial charge in [0.15, 0.2) is 5.17 Å². The summed E-state index contributed by atoms with van der Waals surface area (Å²) in [5.41, 5.74) is 4.66. The van der Waals surface area contributed by atoms with Crippen LogP contribution in [0.25, 0.3) is 6.08 Å². The van der Waals surface area contributed by atoms with Crippen LogP contribution in [0.3, 0.4) is 0 Å². The van der Waals surface area contributed by atoms with Gasteiger partial charge < -0.3 is 4.74 Å². The zero-order valence-corrected chi connectivity index (χ0v) is 17.5. The number of hydrogen-bond acceptors (Lipinski definition) is 5. The number of rotatable bonds is 5. The van der Waals surface area contributed by atoms with E-state index < -0.39 is 0 Å². The first-order valence-electron chi connectivity index (χ1n) is 9.52. The van der Waals surface area contributed by atoms with Crippen LogP contribution in [-0.2, 0) is 4.79 Å². The third kappa shape index (κ3) is 4.84. The molecule has 154 valence electrons. The van der Waals surface area contributed by atoms with Crippen LogP contribution in [0.5, 0.6) is 5.75 Å². The Morgan fingerprint density at radius 3 is 2.26 bits per heavy atom. The maximum Gasteiger partial charge on any atom is 0.285 e. The molecular weight excluding hydrogens is 410 g/mol. The van der Waals surface area contributed by atoms with Gasteiger partial charge in [-0.15, -0.1) is 0 Å². The van der Waals surface area contributed by atoms with E-state index >= 15 is 0 Å². The van der Waals surface area contributed by atoms with Gasteiger partial charge in [-0.25, -0.2) is 4.99 Å². The highest BCUT2D eigenvalue weighted by molar-refractivity contribution is 8.18. The van der Waals surface area contributed by atoms with Crippen molar-refractivity contribution in [2.24, 2.45) is 4.99 Å². The molecule has 0 aromatic heterocycles. The number of aliphatic imine (C=N–C) groups is 1. The lowest BCUT2D eigenvalue weighted by molar-refractivity contribution is -0.123. The molecule has 2 amide bonds. The minimum atomic E-state index is -0.388. The van der Waals surface area contributed by atoms with E-state index in [2.05, 4.69) is 10.4 Å². The van der Waals surface area contributed by atoms with Gasteiger partial charge in [0.25, 0.3) is 11.8 Å². The third-order valence-electron chi connectivity index (χ3n) is 4.45. The quantitative estimate of drug-likeness (QED) is 0.600. The van der Waals surface area contributed by atoms with E-state index in [0.29, 0.717) is 21.3 Å². The lowest BCUT2D eigenvalue weighted by atomic mass is 10.2. The van der Waals surface area contributed by atoms with Gasteiger partial charge in [-0.3, -0.25) is 15.0 Å². The Morgan fingerprint density at radius 1 is 0.968 bits per heavy atom. The second kappa shape index (κ2) is 9.32. The summed E-state index contributed by atoms with van der Waals surface area (Å²) in [5, 5.41) is 1.57. The smallest absolute Gasteiger partial charge is 0.285 e. The number of para-hydroxylation sites is 1. The first-order valence-corrected chi connectivity index (χ1v) is 10.3. The van der Waals surface area contributed by atoms with Crippen LogP contribution in [0.2, 0.25) is 0 Å². The van der Waals surface area contributed by atoms with Gasteiger partial charge in [0.1, 0.15) is 5.75 Å². The standard InChI is InChI=1S/C24H19N3O3S/c1-30-20-14-12-17(13-15-20)16-21-23(29)27(26-22(28)18-8-4-2-5-9-18)24(31-21)25-19-10-6-3-7-11-19/h2-16H,1H3,(H,26,28)/b21-16+,25-24?. The Hall–Kier alpha value is -3.84. The minimum absolute atomic E-state index is 0.347. The molecule has 0 aliphatic carbocycles. The SMILES string of the molecule is COc1ccc(/C=C2/SC(=Nc3ccccc3)N(NC(=O)c3ccccc3)C2=O)cc1. The normalized spacial score (nSPS) is 16.0. The van der Waals surface area contributed by atoms with Crippen molar-refractivity contribution < 1.29 is 14.3 Å². The van der Waals surface area contributed by atoms with Gasteiger partial charge in [0.2, 0.25) is 0 Å². The predicted octanol–water partition coefficient (Wildman–Crippen LogP) is 4.64. The van der Waals surface area contributed by atoms with Crippen molar-refractivity contribution in [3.8, 4) is 5.75 Å². The van der Waals surface area contributed by atoms with E-state index in [-0.39, 0.29) is 11.8 Å². The summed E-state index contributed by atoms with van der Waals surface area (Å²) in [6, 6.07) is 25.4. The van der Waals surface area contributed by atoms with Gasteiger partial charge in [-0.2, -0.15) is 5.01 Å². The Labute approximate surface area is 184 Å². The molecule has 1 saturated heterocycles. The molecule has 1 N–H and O–H groups in total. The van der Waals surface area contributed by atoms with Crippen molar-refractivity contribution in [2.45, 2.75) is 0 Å². The number of carbonyl (C=O) groups is 2. The second-order valence-electron chi connectivity index (χ2n) is 6.56. The van der Waals surface area contributed by atoms with E-state index in [1.54, 1.807) is 37.5 Å². The first kappa shape index (κ1) is 20.4. The molecule has 31 heavy (non-hydrogen) atoms. The molecule has 0 bridgehead atoms. The zero-order valence-electron chi connectivity index (χ0n) is 16.7. The van der Waals surface area contributed by atoms with Gasteiger partial charge in [-0.1, -0.05) is 48.5 Å². The average Bonchev–Trinajstić information content (AvgIpc) is 3.09. The maximum absolute atomic E-state index is 13.1. The summed E-state index contributed by atoms with van der Waals surface area (Å²) in [5.74, 6) is -0.00331. The number of thioether (sulfide) groups is 1. The fourth-order valence-corrected chi connectivity index (χ4v) is 3.81. The van der Waals surface area contributed by atoms with Gasteiger partial charge in [0, 0.05) is 5.56 Å². The van der Waals surface area contributed by atoms with Crippen LogP contribution in [0.1, 0.15) is 15.9 Å². The number of methoxy groups -OCH3 is 1. The highest BCUT2D eigenvalue weighted by Gasteiger charge is 2.35. The van der Waals surface area contributed by atoms with Crippen molar-refractivity contribution in [1.29, 1.82) is 0 Å². The summed E-state index contributed by atoms with van der Waals surface area (Å²) in [6.07, 6.45) is 1.77. The van der Waals surface area contributed by atoms with Crippen molar-refractivity contribution in [1.82, 2.24) is 10.4 Å². The molecule has 1 heterocycles. The van der Waals surface area contributed by atoms with Crippen LogP contribution >= 0.6 is 11.8 Å². The molecule has 6 nitrogen and oxygen atoms in total. The van der Waals surface area contributed by atoms with Crippen molar-refractivity contribution in [3.63, 3.8) is 0 Å². The maximum atomic E-state index is 13.1. The molecule has 3 aromatic rings. The Balaban J connectivity index is 1.65. The molecule has 0 unspecified atom stereocenters. The van der Waals surface area contributed by atoms with Crippen LogP contribution in [0, 0.1) is 0 Å². The number of nitrogens with zero attached hydrogens (tertiary/aromatic N) is 2. The first-order chi connectivity index (χ1) is 15.1. The number of hydrazine groups is 1. The van der Waals surface area contributed by atoms with Crippen LogP contribution < -0.4 is 10.2 Å². The second-order valence-corrected chi connectivity index (χ2v) is 7.57. The average molecular weight is 430 g/mol. The molecule has 1 aliphatic rings. The van der Waals surface area contributed by atoms with Gasteiger partial charge in [-0.05, 0) is 59.8 Å². The number of amidine groups is 1. The molecule has 0 spiro atoms. The molecule has 1 fully saturated rings. The van der Waals surface area contributed by atoms with Crippen LogP contribution in [-0.4, -0.2) is 29.1 Å². The van der Waals surface area contributed by atoms with Crippen LogP contribution in [0.15, 0.2) is 94.8 Å². The van der Waals surface area contributed by atoms with Gasteiger partial charge >= 0.3 is 0 Å². The zero-order chi connectivity index (χ0) is 21.6. The van der Waals surface area contributed by atoms with E-state index in [0.717, 1.165) is 11.3 Å². The molecule has 3 aromatic carbocycles. The molecule has 1 aliphatic heterocycles. The summed E-state index contributed by atoms with van der Waals surface area (Å²) < 4.78 is 5.18. The Bertz CT molecular complexity index is 1140. The molecule has 0 radical (unpaired) electrons. The Kier molecular flexibility index (Phi) is 6.14. The molecule has 0 saturated carbocycles. The van der Waals surface area contributed by atoms with Crippen LogP contribution in [0.4, 0.5) is 5.69 Å². The molecule has 0 atom stereocenters. The third-order valence-corrected chi connectivity index (χ3v) is 5.42. The number of nitrogens with one attached hydrogen (secondary N) is 1. The number of carbonyl (C=O) groups excluding carboxylic acids is 2. The number of ether oxygens (including phenoxy) is 1. The highest BCUT2D eigenvalue weighted by Crippen LogP contribution is 2.33. The summed E-state index contributed by atoms with van der Waals surface area (Å²) in [4.78, 5) is 30.8. The fraction of sp³-hybridized carbons (Fsp3) is 0.0417. The molecular formula is C24H19N3O3S. The summed E-state index contributed by atoms with van der Waals surface area (Å²) in [6.45, 7) is 0. The number of benzene rings is 3. The van der Waals surface area contributed by atoms with E-state index in [4.69, 9.17) is 4.74 Å². The summed E-state index contributed by atoms with van der Waals surface area (Å²) >= 11 is 1.21. The fourth-order valence-electron chi connectivity index (χ4n) is 2.87. The van der Waals surface area contributed by atoms with E-state index in [9.17, 15) is 9.59 Å². The monoisotopic (exact) mass is 429 g/mol.